The van der Waals surface area contributed by atoms with Crippen LogP contribution in [0.25, 0.3) is 0 Å². The molecule has 68 valence electrons. The Hall–Kier alpha value is -0.610. The number of fused-ring (bicyclic) bond motifs is 1. The van der Waals surface area contributed by atoms with Gasteiger partial charge in [-0.3, -0.25) is 9.63 Å². The van der Waals surface area contributed by atoms with E-state index in [1.165, 1.54) is 0 Å². The van der Waals surface area contributed by atoms with Crippen molar-refractivity contribution in [2.24, 2.45) is 0 Å². The lowest BCUT2D eigenvalue weighted by Gasteiger charge is -2.18. The first-order valence-electron chi connectivity index (χ1n) is 4.31. The summed E-state index contributed by atoms with van der Waals surface area (Å²) in [4.78, 5) is 16.4. The molecule has 4 heteroatoms. The number of hydrogen-bond acceptors (Lipinski definition) is 4. The molecular weight excluding hydrogens is 158 g/mol. The lowest BCUT2D eigenvalue weighted by molar-refractivity contribution is -0.155. The molecule has 2 rings (SSSR count). The maximum Gasteiger partial charge on any atom is 0.309 e. The number of hydroxylamine groups is 2. The molecule has 2 aliphatic heterocycles. The summed E-state index contributed by atoms with van der Waals surface area (Å²) in [5, 5.41) is 1.81. The number of rotatable bonds is 1. The van der Waals surface area contributed by atoms with Crippen LogP contribution in [-0.2, 0) is 14.4 Å². The summed E-state index contributed by atoms with van der Waals surface area (Å²) < 4.78 is 5.15. The van der Waals surface area contributed by atoms with Gasteiger partial charge in [-0.1, -0.05) is 6.92 Å². The predicted molar refractivity (Wildman–Crippen MR) is 41.2 cm³/mol. The molecule has 0 aromatic rings. The number of ether oxygens (including phenoxy) is 1. The minimum atomic E-state index is -0.128. The van der Waals surface area contributed by atoms with E-state index in [4.69, 9.17) is 9.57 Å². The number of nitrogens with zero attached hydrogens (tertiary/aromatic N) is 1. The lowest BCUT2D eigenvalue weighted by Crippen LogP contribution is -2.33. The van der Waals surface area contributed by atoms with Gasteiger partial charge in [-0.2, -0.15) is 5.06 Å². The molecular formula is C8H13NO3. The van der Waals surface area contributed by atoms with Crippen LogP contribution in [0.1, 0.15) is 19.8 Å². The van der Waals surface area contributed by atoms with Crippen LogP contribution in [0.4, 0.5) is 0 Å². The molecule has 0 amide bonds. The Morgan fingerprint density at radius 3 is 3.08 bits per heavy atom. The number of hydrogen-bond donors (Lipinski definition) is 0. The molecule has 0 aromatic heterocycles. The number of esters is 1. The summed E-state index contributed by atoms with van der Waals surface area (Å²) in [6.45, 7) is 2.07. The zero-order valence-corrected chi connectivity index (χ0v) is 7.32. The highest BCUT2D eigenvalue weighted by Crippen LogP contribution is 2.32. The molecule has 0 bridgehead atoms. The molecule has 0 N–H and O–H groups in total. The molecule has 0 aliphatic carbocycles. The fourth-order valence-electron chi connectivity index (χ4n) is 1.97. The lowest BCUT2D eigenvalue weighted by atomic mass is 10.1. The third kappa shape index (κ3) is 1.03. The summed E-state index contributed by atoms with van der Waals surface area (Å²) in [5.74, 6) is -0.128. The van der Waals surface area contributed by atoms with E-state index in [1.54, 1.807) is 0 Å². The number of carbonyl (C=O) groups excluding carboxylic acids is 1. The highest BCUT2D eigenvalue weighted by molar-refractivity contribution is 5.72. The van der Waals surface area contributed by atoms with E-state index in [-0.39, 0.29) is 24.2 Å². The van der Waals surface area contributed by atoms with Crippen molar-refractivity contribution in [1.82, 2.24) is 5.06 Å². The number of carbonyl (C=O) groups is 1. The van der Waals surface area contributed by atoms with Crippen LogP contribution in [0, 0.1) is 0 Å². The van der Waals surface area contributed by atoms with Crippen molar-refractivity contribution in [3.05, 3.63) is 0 Å². The molecule has 0 unspecified atom stereocenters. The molecule has 4 nitrogen and oxygen atoms in total. The molecule has 0 spiro atoms. The maximum atomic E-state index is 10.9. The van der Waals surface area contributed by atoms with Crippen LogP contribution in [0.15, 0.2) is 0 Å². The van der Waals surface area contributed by atoms with E-state index >= 15 is 0 Å². The van der Waals surface area contributed by atoms with Crippen molar-refractivity contribution >= 4 is 5.97 Å². The zero-order valence-electron chi connectivity index (χ0n) is 7.32. The molecule has 2 fully saturated rings. The van der Waals surface area contributed by atoms with E-state index in [0.29, 0.717) is 6.42 Å². The minimum Gasteiger partial charge on any atom is -0.458 e. The SMILES string of the molecule is CC[C@@H]1[C@H]2OC(=O)C[C@H]2ON1C. The molecule has 3 atom stereocenters. The van der Waals surface area contributed by atoms with Crippen molar-refractivity contribution in [1.29, 1.82) is 0 Å². The van der Waals surface area contributed by atoms with Gasteiger partial charge in [0.25, 0.3) is 0 Å². The maximum absolute atomic E-state index is 10.9. The minimum absolute atomic E-state index is 0.0347. The van der Waals surface area contributed by atoms with E-state index < -0.39 is 0 Å². The van der Waals surface area contributed by atoms with Crippen LogP contribution >= 0.6 is 0 Å². The van der Waals surface area contributed by atoms with Gasteiger partial charge in [0, 0.05) is 7.05 Å². The van der Waals surface area contributed by atoms with Gasteiger partial charge in [-0.05, 0) is 6.42 Å². The van der Waals surface area contributed by atoms with Gasteiger partial charge in [0.15, 0.2) is 0 Å². The first-order valence-corrected chi connectivity index (χ1v) is 4.31. The van der Waals surface area contributed by atoms with E-state index in [1.807, 2.05) is 12.1 Å². The Morgan fingerprint density at radius 1 is 1.67 bits per heavy atom. The Balaban J connectivity index is 2.11. The van der Waals surface area contributed by atoms with Gasteiger partial charge in [0.2, 0.25) is 0 Å². The standard InChI is InChI=1S/C8H13NO3/c1-3-5-8-6(12-9(5)2)4-7(10)11-8/h5-6,8H,3-4H2,1-2H3/t5-,6-,8-/m1/s1. The van der Waals surface area contributed by atoms with E-state index in [0.717, 1.165) is 6.42 Å². The van der Waals surface area contributed by atoms with Gasteiger partial charge in [0.1, 0.15) is 12.2 Å². The Bertz CT molecular complexity index is 206. The molecule has 2 aliphatic rings. The topological polar surface area (TPSA) is 38.8 Å². The van der Waals surface area contributed by atoms with Gasteiger partial charge < -0.3 is 4.74 Å². The van der Waals surface area contributed by atoms with E-state index in [9.17, 15) is 4.79 Å². The quantitative estimate of drug-likeness (QED) is 0.533. The van der Waals surface area contributed by atoms with Gasteiger partial charge in [-0.25, -0.2) is 0 Å². The predicted octanol–water partition coefficient (Wildman–Crippen LogP) is 0.326. The van der Waals surface area contributed by atoms with Crippen molar-refractivity contribution in [3.8, 4) is 0 Å². The summed E-state index contributed by atoms with van der Waals surface area (Å²) in [6.07, 6.45) is 1.29. The van der Waals surface area contributed by atoms with Gasteiger partial charge >= 0.3 is 5.97 Å². The van der Waals surface area contributed by atoms with Gasteiger partial charge in [-0.15, -0.1) is 0 Å². The largest absolute Gasteiger partial charge is 0.458 e. The van der Waals surface area contributed by atoms with Crippen LogP contribution in [0.3, 0.4) is 0 Å². The third-order valence-corrected chi connectivity index (χ3v) is 2.57. The normalized spacial score (nSPS) is 41.5. The summed E-state index contributed by atoms with van der Waals surface area (Å²) in [7, 11) is 1.89. The fraction of sp³-hybridized carbons (Fsp3) is 0.875. The zero-order chi connectivity index (χ0) is 8.72. The van der Waals surface area contributed by atoms with Crippen LogP contribution in [0.5, 0.6) is 0 Å². The monoisotopic (exact) mass is 171 g/mol. The van der Waals surface area contributed by atoms with Crippen molar-refractivity contribution in [3.63, 3.8) is 0 Å². The van der Waals surface area contributed by atoms with Gasteiger partial charge in [0.05, 0.1) is 12.5 Å². The highest BCUT2D eigenvalue weighted by atomic mass is 16.7. The van der Waals surface area contributed by atoms with Crippen molar-refractivity contribution in [2.45, 2.75) is 38.0 Å². The molecule has 0 saturated carbocycles. The second-order valence-corrected chi connectivity index (χ2v) is 3.32. The van der Waals surface area contributed by atoms with Crippen molar-refractivity contribution in [2.75, 3.05) is 7.05 Å². The summed E-state index contributed by atoms with van der Waals surface area (Å²) in [6, 6.07) is 0.237. The number of likely N-dealkylation sites (N-methyl/N-ethyl adjacent to an activating group) is 1. The third-order valence-electron chi connectivity index (χ3n) is 2.57. The molecule has 2 saturated heterocycles. The van der Waals surface area contributed by atoms with Crippen LogP contribution in [-0.4, -0.2) is 36.3 Å². The smallest absolute Gasteiger partial charge is 0.309 e. The molecule has 2 heterocycles. The average Bonchev–Trinajstić information content (AvgIpc) is 2.43. The first kappa shape index (κ1) is 8.01. The molecule has 12 heavy (non-hydrogen) atoms. The van der Waals surface area contributed by atoms with Crippen LogP contribution in [0.2, 0.25) is 0 Å². The van der Waals surface area contributed by atoms with E-state index in [2.05, 4.69) is 6.92 Å². The van der Waals surface area contributed by atoms with Crippen LogP contribution < -0.4 is 0 Å². The van der Waals surface area contributed by atoms with Crippen molar-refractivity contribution < 1.29 is 14.4 Å². The second-order valence-electron chi connectivity index (χ2n) is 3.32. The highest BCUT2D eigenvalue weighted by Gasteiger charge is 2.48. The Labute approximate surface area is 71.4 Å². The molecule has 0 aromatic carbocycles. The second kappa shape index (κ2) is 2.71. The average molecular weight is 171 g/mol. The first-order chi connectivity index (χ1) is 5.72. The summed E-state index contributed by atoms with van der Waals surface area (Å²) >= 11 is 0. The molecule has 0 radical (unpaired) electrons. The Kier molecular flexibility index (Phi) is 1.81. The summed E-state index contributed by atoms with van der Waals surface area (Å²) in [5.41, 5.74) is 0. The Morgan fingerprint density at radius 2 is 2.42 bits per heavy atom. The fourth-order valence-corrected chi connectivity index (χ4v) is 1.97.